The van der Waals surface area contributed by atoms with E-state index in [0.29, 0.717) is 18.0 Å². The molecular weight excluding hydrogens is 272 g/mol. The molecule has 0 heterocycles. The zero-order valence-corrected chi connectivity index (χ0v) is 12.3. The lowest BCUT2D eigenvalue weighted by atomic mass is 10.1. The van der Waals surface area contributed by atoms with Crippen molar-refractivity contribution in [1.29, 1.82) is 0 Å². The number of rotatable bonds is 6. The van der Waals surface area contributed by atoms with E-state index in [4.69, 9.17) is 5.11 Å². The van der Waals surface area contributed by atoms with Crippen LogP contribution in [0.4, 0.5) is 0 Å². The summed E-state index contributed by atoms with van der Waals surface area (Å²) < 4.78 is 0. The van der Waals surface area contributed by atoms with Gasteiger partial charge in [0.2, 0.25) is 5.91 Å². The van der Waals surface area contributed by atoms with E-state index >= 15 is 0 Å². The zero-order chi connectivity index (χ0) is 16.0. The Labute approximate surface area is 123 Å². The summed E-state index contributed by atoms with van der Waals surface area (Å²) in [6, 6.07) is 4.87. The molecule has 3 N–H and O–H groups in total. The van der Waals surface area contributed by atoms with Gasteiger partial charge in [-0.1, -0.05) is 13.8 Å². The first-order chi connectivity index (χ1) is 9.81. The molecule has 0 saturated carbocycles. The largest absolute Gasteiger partial charge is 0.478 e. The Kier molecular flexibility index (Phi) is 5.90. The summed E-state index contributed by atoms with van der Waals surface area (Å²) in [4.78, 5) is 34.4. The summed E-state index contributed by atoms with van der Waals surface area (Å²) in [6.45, 7) is 6.10. The standard InChI is InChI=1S/C15H20N2O4/c1-9(2)8-16-13(18)10(3)17-14(19)11-4-6-12(7-5-11)15(20)21/h4-7,9-10H,8H2,1-3H3,(H,16,18)(H,17,19)(H,20,21). The highest BCUT2D eigenvalue weighted by Crippen LogP contribution is 2.05. The molecule has 0 aromatic heterocycles. The average molecular weight is 292 g/mol. The molecule has 0 saturated heterocycles. The second kappa shape index (κ2) is 7.42. The van der Waals surface area contributed by atoms with Crippen molar-refractivity contribution in [2.24, 2.45) is 5.92 Å². The van der Waals surface area contributed by atoms with Crippen molar-refractivity contribution in [3.8, 4) is 0 Å². The minimum absolute atomic E-state index is 0.106. The number of amides is 2. The van der Waals surface area contributed by atoms with Gasteiger partial charge in [0.1, 0.15) is 6.04 Å². The minimum atomic E-state index is -1.05. The van der Waals surface area contributed by atoms with E-state index in [2.05, 4.69) is 10.6 Å². The second-order valence-electron chi connectivity index (χ2n) is 5.22. The van der Waals surface area contributed by atoms with E-state index in [1.54, 1.807) is 6.92 Å². The number of carbonyl (C=O) groups is 3. The van der Waals surface area contributed by atoms with Gasteiger partial charge in [0.25, 0.3) is 5.91 Å². The minimum Gasteiger partial charge on any atom is -0.478 e. The maximum atomic E-state index is 11.9. The van der Waals surface area contributed by atoms with Crippen molar-refractivity contribution in [2.45, 2.75) is 26.8 Å². The van der Waals surface area contributed by atoms with Crippen molar-refractivity contribution in [1.82, 2.24) is 10.6 Å². The normalized spacial score (nSPS) is 11.8. The third kappa shape index (κ3) is 5.25. The summed E-state index contributed by atoms with van der Waals surface area (Å²) in [7, 11) is 0. The molecule has 6 heteroatoms. The van der Waals surface area contributed by atoms with E-state index in [1.165, 1.54) is 24.3 Å². The fourth-order valence-electron chi connectivity index (χ4n) is 1.57. The SMILES string of the molecule is CC(C)CNC(=O)C(C)NC(=O)c1ccc(C(=O)O)cc1. The molecule has 1 unspecified atom stereocenters. The lowest BCUT2D eigenvalue weighted by Crippen LogP contribution is -2.45. The van der Waals surface area contributed by atoms with Crippen molar-refractivity contribution >= 4 is 17.8 Å². The summed E-state index contributed by atoms with van der Waals surface area (Å²) >= 11 is 0. The predicted molar refractivity (Wildman–Crippen MR) is 78.2 cm³/mol. The monoisotopic (exact) mass is 292 g/mol. The fourth-order valence-corrected chi connectivity index (χ4v) is 1.57. The van der Waals surface area contributed by atoms with Crippen LogP contribution < -0.4 is 10.6 Å². The third-order valence-corrected chi connectivity index (χ3v) is 2.82. The number of nitrogens with one attached hydrogen (secondary N) is 2. The van der Waals surface area contributed by atoms with Crippen LogP contribution in [0, 0.1) is 5.92 Å². The van der Waals surface area contributed by atoms with Gasteiger partial charge in [-0.05, 0) is 37.1 Å². The first-order valence-corrected chi connectivity index (χ1v) is 6.73. The Balaban J connectivity index is 2.59. The zero-order valence-electron chi connectivity index (χ0n) is 12.3. The van der Waals surface area contributed by atoms with Gasteiger partial charge >= 0.3 is 5.97 Å². The van der Waals surface area contributed by atoms with Crippen LogP contribution in [0.25, 0.3) is 0 Å². The number of carboxylic acid groups (broad SMARTS) is 1. The van der Waals surface area contributed by atoms with Crippen LogP contribution in [0.2, 0.25) is 0 Å². The second-order valence-corrected chi connectivity index (χ2v) is 5.22. The van der Waals surface area contributed by atoms with Crippen molar-refractivity contribution in [2.75, 3.05) is 6.54 Å². The summed E-state index contributed by atoms with van der Waals surface area (Å²) in [6.07, 6.45) is 0. The number of benzene rings is 1. The van der Waals surface area contributed by atoms with Gasteiger partial charge in [0.05, 0.1) is 5.56 Å². The number of carbonyl (C=O) groups excluding carboxylic acids is 2. The number of carboxylic acids is 1. The van der Waals surface area contributed by atoms with Crippen molar-refractivity contribution in [3.05, 3.63) is 35.4 Å². The molecule has 0 aliphatic carbocycles. The molecule has 6 nitrogen and oxygen atoms in total. The Morgan fingerprint density at radius 3 is 2.05 bits per heavy atom. The van der Waals surface area contributed by atoms with E-state index in [0.717, 1.165) is 0 Å². The van der Waals surface area contributed by atoms with Crippen LogP contribution in [0.5, 0.6) is 0 Å². The fraction of sp³-hybridized carbons (Fsp3) is 0.400. The lowest BCUT2D eigenvalue weighted by Gasteiger charge is -2.15. The topological polar surface area (TPSA) is 95.5 Å². The van der Waals surface area contributed by atoms with Crippen LogP contribution in [0.1, 0.15) is 41.5 Å². The predicted octanol–water partition coefficient (Wildman–Crippen LogP) is 1.28. The maximum Gasteiger partial charge on any atom is 0.335 e. The Hall–Kier alpha value is -2.37. The molecule has 2 amide bonds. The molecule has 114 valence electrons. The highest BCUT2D eigenvalue weighted by molar-refractivity contribution is 5.98. The molecular formula is C15H20N2O4. The smallest absolute Gasteiger partial charge is 0.335 e. The van der Waals surface area contributed by atoms with E-state index < -0.39 is 17.9 Å². The Bertz CT molecular complexity index is 523. The first-order valence-electron chi connectivity index (χ1n) is 6.73. The molecule has 21 heavy (non-hydrogen) atoms. The van der Waals surface area contributed by atoms with Gasteiger partial charge in [-0.25, -0.2) is 4.79 Å². The average Bonchev–Trinajstić information content (AvgIpc) is 2.44. The third-order valence-electron chi connectivity index (χ3n) is 2.82. The molecule has 1 atom stereocenters. The van der Waals surface area contributed by atoms with E-state index in [1.807, 2.05) is 13.8 Å². The van der Waals surface area contributed by atoms with Crippen molar-refractivity contribution in [3.63, 3.8) is 0 Å². The van der Waals surface area contributed by atoms with Gasteiger partial charge in [-0.3, -0.25) is 9.59 Å². The van der Waals surface area contributed by atoms with Gasteiger partial charge in [0, 0.05) is 12.1 Å². The van der Waals surface area contributed by atoms with Gasteiger partial charge in [0.15, 0.2) is 0 Å². The molecule has 0 radical (unpaired) electrons. The molecule has 1 aromatic rings. The number of hydrogen-bond acceptors (Lipinski definition) is 3. The molecule has 0 aliphatic heterocycles. The van der Waals surface area contributed by atoms with Crippen LogP contribution in [0.15, 0.2) is 24.3 Å². The quantitative estimate of drug-likeness (QED) is 0.736. The molecule has 0 bridgehead atoms. The van der Waals surface area contributed by atoms with Crippen LogP contribution in [-0.4, -0.2) is 35.5 Å². The Morgan fingerprint density at radius 1 is 1.05 bits per heavy atom. The molecule has 0 aliphatic rings. The molecule has 1 rings (SSSR count). The summed E-state index contributed by atoms with van der Waals surface area (Å²) in [5, 5.41) is 14.1. The number of aromatic carboxylic acids is 1. The molecule has 0 fully saturated rings. The maximum absolute atomic E-state index is 11.9. The van der Waals surface area contributed by atoms with Crippen molar-refractivity contribution < 1.29 is 19.5 Å². The summed E-state index contributed by atoms with van der Waals surface area (Å²) in [5.41, 5.74) is 0.415. The lowest BCUT2D eigenvalue weighted by molar-refractivity contribution is -0.122. The van der Waals surface area contributed by atoms with E-state index in [9.17, 15) is 14.4 Å². The molecule has 0 spiro atoms. The summed E-state index contributed by atoms with van der Waals surface area (Å²) in [5.74, 6) is -1.39. The van der Waals surface area contributed by atoms with E-state index in [-0.39, 0.29) is 11.5 Å². The first kappa shape index (κ1) is 16.7. The Morgan fingerprint density at radius 2 is 1.57 bits per heavy atom. The van der Waals surface area contributed by atoms with Gasteiger partial charge < -0.3 is 15.7 Å². The van der Waals surface area contributed by atoms with Gasteiger partial charge in [-0.15, -0.1) is 0 Å². The highest BCUT2D eigenvalue weighted by atomic mass is 16.4. The highest BCUT2D eigenvalue weighted by Gasteiger charge is 2.16. The number of hydrogen-bond donors (Lipinski definition) is 3. The van der Waals surface area contributed by atoms with Crippen LogP contribution >= 0.6 is 0 Å². The van der Waals surface area contributed by atoms with Crippen LogP contribution in [0.3, 0.4) is 0 Å². The van der Waals surface area contributed by atoms with Gasteiger partial charge in [-0.2, -0.15) is 0 Å². The van der Waals surface area contributed by atoms with Crippen LogP contribution in [-0.2, 0) is 4.79 Å². The molecule has 1 aromatic carbocycles.